The zero-order valence-electron chi connectivity index (χ0n) is 7.86. The number of nitrogens with zero attached hydrogens (tertiary/aromatic N) is 1. The van der Waals surface area contributed by atoms with Crippen molar-refractivity contribution in [1.82, 2.24) is 4.90 Å². The third kappa shape index (κ3) is 1.50. The van der Waals surface area contributed by atoms with Gasteiger partial charge in [0, 0.05) is 6.54 Å². The Balaban J connectivity index is 2.05. The molecule has 2 atom stereocenters. The number of amides is 1. The zero-order chi connectivity index (χ0) is 9.26. The first-order chi connectivity index (χ1) is 6.33. The smallest absolute Gasteiger partial charge is 0.409 e. The summed E-state index contributed by atoms with van der Waals surface area (Å²) in [6, 6.07) is 0.265. The van der Waals surface area contributed by atoms with Crippen LogP contribution in [0.25, 0.3) is 0 Å². The van der Waals surface area contributed by atoms with Crippen molar-refractivity contribution in [3.63, 3.8) is 0 Å². The lowest BCUT2D eigenvalue weighted by Crippen LogP contribution is -2.51. The molecule has 0 N–H and O–H groups in total. The molecule has 4 nitrogen and oxygen atoms in total. The maximum atomic E-state index is 11.4. The molecule has 1 saturated carbocycles. The molecule has 1 aliphatic heterocycles. The van der Waals surface area contributed by atoms with Crippen molar-refractivity contribution in [2.45, 2.75) is 31.4 Å². The van der Waals surface area contributed by atoms with Gasteiger partial charge < -0.3 is 14.4 Å². The van der Waals surface area contributed by atoms with E-state index in [0.29, 0.717) is 13.2 Å². The largest absolute Gasteiger partial charge is 0.453 e. The van der Waals surface area contributed by atoms with Crippen LogP contribution in [0.3, 0.4) is 0 Å². The predicted octanol–water partition coefficient (Wildman–Crippen LogP) is 1.01. The minimum atomic E-state index is -0.208. The summed E-state index contributed by atoms with van der Waals surface area (Å²) in [5, 5.41) is 0. The molecule has 1 amide bonds. The average molecular weight is 185 g/mol. The Morgan fingerprint density at radius 1 is 1.54 bits per heavy atom. The van der Waals surface area contributed by atoms with Crippen molar-refractivity contribution in [1.29, 1.82) is 0 Å². The van der Waals surface area contributed by atoms with E-state index in [1.54, 1.807) is 4.90 Å². The van der Waals surface area contributed by atoms with E-state index in [1.165, 1.54) is 7.11 Å². The number of morpholine rings is 1. The van der Waals surface area contributed by atoms with E-state index in [1.807, 2.05) is 0 Å². The van der Waals surface area contributed by atoms with E-state index in [-0.39, 0.29) is 18.2 Å². The first-order valence-corrected chi connectivity index (χ1v) is 4.79. The maximum Gasteiger partial charge on any atom is 0.409 e. The molecule has 0 aromatic rings. The highest BCUT2D eigenvalue weighted by molar-refractivity contribution is 5.68. The van der Waals surface area contributed by atoms with Crippen LogP contribution < -0.4 is 0 Å². The molecule has 0 spiro atoms. The first-order valence-electron chi connectivity index (χ1n) is 4.79. The van der Waals surface area contributed by atoms with Crippen molar-refractivity contribution in [3.05, 3.63) is 0 Å². The molecule has 2 unspecified atom stereocenters. The Morgan fingerprint density at radius 2 is 2.38 bits per heavy atom. The number of fused-ring (bicyclic) bond motifs is 1. The Kier molecular flexibility index (Phi) is 2.40. The molecule has 0 aromatic carbocycles. The van der Waals surface area contributed by atoms with Gasteiger partial charge in [0.15, 0.2) is 0 Å². The highest BCUT2D eigenvalue weighted by Gasteiger charge is 2.38. The molecular formula is C9H15NO3. The fourth-order valence-electron chi connectivity index (χ4n) is 2.27. The number of methoxy groups -OCH3 is 1. The van der Waals surface area contributed by atoms with Gasteiger partial charge in [0.1, 0.15) is 0 Å². The van der Waals surface area contributed by atoms with Gasteiger partial charge in [-0.3, -0.25) is 0 Å². The van der Waals surface area contributed by atoms with Gasteiger partial charge in [-0.25, -0.2) is 4.79 Å². The summed E-state index contributed by atoms with van der Waals surface area (Å²) in [7, 11) is 1.43. The SMILES string of the molecule is COC(=O)N1CCOC2CCCC21. The summed E-state index contributed by atoms with van der Waals surface area (Å²) in [6.45, 7) is 1.32. The van der Waals surface area contributed by atoms with Gasteiger partial charge in [-0.05, 0) is 19.3 Å². The lowest BCUT2D eigenvalue weighted by atomic mass is 10.1. The second kappa shape index (κ2) is 3.54. The second-order valence-corrected chi connectivity index (χ2v) is 3.57. The predicted molar refractivity (Wildman–Crippen MR) is 46.5 cm³/mol. The van der Waals surface area contributed by atoms with Gasteiger partial charge in [-0.1, -0.05) is 0 Å². The van der Waals surface area contributed by atoms with E-state index < -0.39 is 0 Å². The van der Waals surface area contributed by atoms with Gasteiger partial charge in [0.2, 0.25) is 0 Å². The Hall–Kier alpha value is -0.770. The van der Waals surface area contributed by atoms with Crippen LogP contribution in [-0.4, -0.2) is 43.4 Å². The molecule has 2 rings (SSSR count). The maximum absolute atomic E-state index is 11.4. The fourth-order valence-corrected chi connectivity index (χ4v) is 2.27. The van der Waals surface area contributed by atoms with E-state index in [9.17, 15) is 4.79 Å². The Labute approximate surface area is 77.8 Å². The molecule has 2 aliphatic rings. The molecule has 0 aromatic heterocycles. The van der Waals surface area contributed by atoms with Crippen LogP contribution in [0.4, 0.5) is 4.79 Å². The third-order valence-corrected chi connectivity index (χ3v) is 2.89. The quantitative estimate of drug-likeness (QED) is 0.565. The fraction of sp³-hybridized carbons (Fsp3) is 0.889. The van der Waals surface area contributed by atoms with Crippen molar-refractivity contribution < 1.29 is 14.3 Å². The summed E-state index contributed by atoms with van der Waals surface area (Å²) >= 11 is 0. The number of rotatable bonds is 0. The lowest BCUT2D eigenvalue weighted by molar-refractivity contribution is -0.0486. The number of ether oxygens (including phenoxy) is 2. The minimum Gasteiger partial charge on any atom is -0.453 e. The highest BCUT2D eigenvalue weighted by atomic mass is 16.5. The molecular weight excluding hydrogens is 170 g/mol. The summed E-state index contributed by atoms with van der Waals surface area (Å²) in [4.78, 5) is 13.2. The summed E-state index contributed by atoms with van der Waals surface area (Å²) in [5.74, 6) is 0. The molecule has 74 valence electrons. The molecule has 1 heterocycles. The van der Waals surface area contributed by atoms with Crippen molar-refractivity contribution in [2.24, 2.45) is 0 Å². The lowest BCUT2D eigenvalue weighted by Gasteiger charge is -2.36. The summed E-state index contributed by atoms with van der Waals surface area (Å²) in [6.07, 6.45) is 3.34. The van der Waals surface area contributed by atoms with E-state index in [4.69, 9.17) is 9.47 Å². The molecule has 2 fully saturated rings. The van der Waals surface area contributed by atoms with Crippen LogP contribution in [0.2, 0.25) is 0 Å². The van der Waals surface area contributed by atoms with E-state index in [0.717, 1.165) is 19.3 Å². The molecule has 0 bridgehead atoms. The summed E-state index contributed by atoms with van der Waals surface area (Å²) < 4.78 is 10.3. The van der Waals surface area contributed by atoms with Gasteiger partial charge in [0.25, 0.3) is 0 Å². The topological polar surface area (TPSA) is 38.8 Å². The third-order valence-electron chi connectivity index (χ3n) is 2.89. The molecule has 4 heteroatoms. The Morgan fingerprint density at radius 3 is 3.15 bits per heavy atom. The van der Waals surface area contributed by atoms with E-state index in [2.05, 4.69) is 0 Å². The van der Waals surface area contributed by atoms with Crippen molar-refractivity contribution in [3.8, 4) is 0 Å². The van der Waals surface area contributed by atoms with Crippen molar-refractivity contribution in [2.75, 3.05) is 20.3 Å². The molecule has 1 saturated heterocycles. The highest BCUT2D eigenvalue weighted by Crippen LogP contribution is 2.29. The van der Waals surface area contributed by atoms with Gasteiger partial charge >= 0.3 is 6.09 Å². The van der Waals surface area contributed by atoms with E-state index >= 15 is 0 Å². The second-order valence-electron chi connectivity index (χ2n) is 3.57. The van der Waals surface area contributed by atoms with Gasteiger partial charge in [0.05, 0.1) is 25.9 Å². The van der Waals surface area contributed by atoms with Crippen LogP contribution >= 0.6 is 0 Å². The van der Waals surface area contributed by atoms with Crippen LogP contribution in [0.15, 0.2) is 0 Å². The van der Waals surface area contributed by atoms with Crippen LogP contribution in [0, 0.1) is 0 Å². The van der Waals surface area contributed by atoms with Crippen LogP contribution in [0.5, 0.6) is 0 Å². The van der Waals surface area contributed by atoms with Crippen LogP contribution in [0.1, 0.15) is 19.3 Å². The number of hydrogen-bond acceptors (Lipinski definition) is 3. The summed E-state index contributed by atoms with van der Waals surface area (Å²) in [5.41, 5.74) is 0. The van der Waals surface area contributed by atoms with Crippen molar-refractivity contribution >= 4 is 6.09 Å². The Bertz CT molecular complexity index is 207. The number of carbonyl (C=O) groups is 1. The van der Waals surface area contributed by atoms with Gasteiger partial charge in [-0.15, -0.1) is 0 Å². The van der Waals surface area contributed by atoms with Gasteiger partial charge in [-0.2, -0.15) is 0 Å². The molecule has 13 heavy (non-hydrogen) atoms. The molecule has 1 aliphatic carbocycles. The monoisotopic (exact) mass is 185 g/mol. The first kappa shape index (κ1) is 8.81. The zero-order valence-corrected chi connectivity index (χ0v) is 7.86. The number of hydrogen-bond donors (Lipinski definition) is 0. The van der Waals surface area contributed by atoms with Crippen LogP contribution in [-0.2, 0) is 9.47 Å². The normalized spacial score (nSPS) is 32.8. The molecule has 0 radical (unpaired) electrons. The minimum absolute atomic E-state index is 0.208. The standard InChI is InChI=1S/C9H15NO3/c1-12-9(11)10-5-6-13-8-4-2-3-7(8)10/h7-8H,2-6H2,1H3. The number of carbonyl (C=O) groups excluding carboxylic acids is 1. The average Bonchev–Trinajstić information content (AvgIpc) is 2.63.